The van der Waals surface area contributed by atoms with Crippen LogP contribution < -0.4 is 5.32 Å². The summed E-state index contributed by atoms with van der Waals surface area (Å²) in [4.78, 5) is 25.9. The van der Waals surface area contributed by atoms with E-state index in [0.29, 0.717) is 5.56 Å². The van der Waals surface area contributed by atoms with Crippen LogP contribution in [-0.4, -0.2) is 33.6 Å². The molecule has 110 valence electrons. The number of carboxylic acid groups (broad SMARTS) is 1. The van der Waals surface area contributed by atoms with Crippen molar-refractivity contribution in [3.05, 3.63) is 54.4 Å². The minimum absolute atomic E-state index is 0.224. The molecular formula is C15H16N2O4. The van der Waals surface area contributed by atoms with E-state index in [2.05, 4.69) is 16.9 Å². The molecule has 0 fully saturated rings. The number of hydrogen-bond donors (Lipinski definition) is 3. The molecule has 0 radical (unpaired) electrons. The van der Waals surface area contributed by atoms with Gasteiger partial charge in [0.2, 0.25) is 0 Å². The monoisotopic (exact) mass is 288 g/mol. The van der Waals surface area contributed by atoms with Gasteiger partial charge in [0.15, 0.2) is 5.69 Å². The Morgan fingerprint density at radius 2 is 2.19 bits per heavy atom. The lowest BCUT2D eigenvalue weighted by molar-refractivity contribution is -0.135. The molecule has 0 saturated carbocycles. The van der Waals surface area contributed by atoms with Gasteiger partial charge in [-0.25, -0.2) is 4.98 Å². The van der Waals surface area contributed by atoms with Gasteiger partial charge >= 0.3 is 5.97 Å². The Bertz CT molecular complexity index is 618. The molecule has 1 heterocycles. The minimum Gasteiger partial charge on any atom is -0.505 e. The highest BCUT2D eigenvalue weighted by Crippen LogP contribution is 2.22. The van der Waals surface area contributed by atoms with Gasteiger partial charge in [0.25, 0.3) is 5.91 Å². The molecule has 0 aliphatic rings. The summed E-state index contributed by atoms with van der Waals surface area (Å²) in [5, 5.41) is 20.5. The second-order valence-electron chi connectivity index (χ2n) is 4.03. The van der Waals surface area contributed by atoms with Gasteiger partial charge in [-0.05, 0) is 18.6 Å². The van der Waals surface area contributed by atoms with Crippen LogP contribution >= 0.6 is 0 Å². The van der Waals surface area contributed by atoms with Gasteiger partial charge < -0.3 is 15.5 Å². The zero-order valence-corrected chi connectivity index (χ0v) is 11.5. The van der Waals surface area contributed by atoms with Crippen molar-refractivity contribution in [2.24, 2.45) is 0 Å². The molecule has 1 aromatic heterocycles. The van der Waals surface area contributed by atoms with Gasteiger partial charge in [0.05, 0.1) is 0 Å². The van der Waals surface area contributed by atoms with Crippen LogP contribution in [-0.2, 0) is 4.79 Å². The molecule has 6 nitrogen and oxygen atoms in total. The molecule has 0 aliphatic carbocycles. The van der Waals surface area contributed by atoms with E-state index < -0.39 is 18.4 Å². The lowest BCUT2D eigenvalue weighted by atomic mass is 10.1. The molecule has 0 bridgehead atoms. The Kier molecular flexibility index (Phi) is 5.88. The van der Waals surface area contributed by atoms with Crippen molar-refractivity contribution in [3.8, 4) is 5.75 Å². The molecule has 6 heteroatoms. The number of nitrogens with zero attached hydrogens (tertiary/aromatic N) is 1. The Morgan fingerprint density at radius 3 is 2.71 bits per heavy atom. The maximum absolute atomic E-state index is 11.7. The number of aromatic nitrogens is 1. The molecule has 1 rings (SSSR count). The van der Waals surface area contributed by atoms with Crippen molar-refractivity contribution in [2.75, 3.05) is 6.54 Å². The van der Waals surface area contributed by atoms with E-state index in [1.54, 1.807) is 12.2 Å². The predicted molar refractivity (Wildman–Crippen MR) is 78.9 cm³/mol. The van der Waals surface area contributed by atoms with Gasteiger partial charge in [-0.2, -0.15) is 0 Å². The minimum atomic E-state index is -1.18. The number of amides is 1. The van der Waals surface area contributed by atoms with Gasteiger partial charge in [-0.1, -0.05) is 30.9 Å². The molecule has 3 N–H and O–H groups in total. The lowest BCUT2D eigenvalue weighted by Crippen LogP contribution is -2.29. The fraction of sp³-hybridized carbons (Fsp3) is 0.133. The zero-order valence-electron chi connectivity index (χ0n) is 11.5. The van der Waals surface area contributed by atoms with Gasteiger partial charge in [-0.15, -0.1) is 0 Å². The van der Waals surface area contributed by atoms with Crippen LogP contribution in [0.3, 0.4) is 0 Å². The standard InChI is InChI=1S/C15H16N2O4/c1-3-5-10(6-4-2)11-7-12(18)14(16-8-11)15(21)17-9-13(19)20/h3-8,18H,1,9H2,2H3,(H,17,21)(H,19,20)/b6-4-,10-5+. The first-order valence-electron chi connectivity index (χ1n) is 6.14. The van der Waals surface area contributed by atoms with Crippen molar-refractivity contribution >= 4 is 17.4 Å². The van der Waals surface area contributed by atoms with E-state index in [0.717, 1.165) is 5.57 Å². The highest BCUT2D eigenvalue weighted by atomic mass is 16.4. The van der Waals surface area contributed by atoms with Crippen LogP contribution in [0.4, 0.5) is 0 Å². The molecule has 1 aromatic rings. The van der Waals surface area contributed by atoms with Crippen molar-refractivity contribution in [3.63, 3.8) is 0 Å². The van der Waals surface area contributed by atoms with Crippen LogP contribution in [0.2, 0.25) is 0 Å². The molecule has 0 atom stereocenters. The number of nitrogens with one attached hydrogen (secondary N) is 1. The third-order valence-corrected chi connectivity index (χ3v) is 2.46. The molecule has 0 aromatic carbocycles. The second-order valence-corrected chi connectivity index (χ2v) is 4.03. The topological polar surface area (TPSA) is 99.5 Å². The van der Waals surface area contributed by atoms with Crippen LogP contribution in [0, 0.1) is 0 Å². The SMILES string of the molecule is C=C/C=C(\C=C/C)c1cnc(C(=O)NCC(=O)O)c(O)c1. The molecule has 0 unspecified atom stereocenters. The molecule has 0 saturated heterocycles. The van der Waals surface area contributed by atoms with Gasteiger partial charge in [-0.3, -0.25) is 9.59 Å². The predicted octanol–water partition coefficient (Wildman–Crippen LogP) is 1.75. The molecule has 0 aliphatic heterocycles. The smallest absolute Gasteiger partial charge is 0.322 e. The Hall–Kier alpha value is -2.89. The van der Waals surface area contributed by atoms with Crippen LogP contribution in [0.5, 0.6) is 5.75 Å². The summed E-state index contributed by atoms with van der Waals surface area (Å²) in [6.07, 6.45) is 8.38. The van der Waals surface area contributed by atoms with E-state index in [1.807, 2.05) is 19.1 Å². The number of carbonyl (C=O) groups is 2. The van der Waals surface area contributed by atoms with Crippen molar-refractivity contribution in [2.45, 2.75) is 6.92 Å². The molecular weight excluding hydrogens is 272 g/mol. The summed E-state index contributed by atoms with van der Waals surface area (Å²) in [6, 6.07) is 1.39. The first kappa shape index (κ1) is 16.2. The Balaban J connectivity index is 3.04. The number of carbonyl (C=O) groups excluding carboxylic acids is 1. The Labute approximate surface area is 122 Å². The van der Waals surface area contributed by atoms with Gasteiger partial charge in [0, 0.05) is 11.8 Å². The highest BCUT2D eigenvalue weighted by Gasteiger charge is 2.14. The summed E-state index contributed by atoms with van der Waals surface area (Å²) < 4.78 is 0. The van der Waals surface area contributed by atoms with Crippen LogP contribution in [0.1, 0.15) is 23.0 Å². The molecule has 21 heavy (non-hydrogen) atoms. The van der Waals surface area contributed by atoms with Crippen molar-refractivity contribution < 1.29 is 19.8 Å². The summed E-state index contributed by atoms with van der Waals surface area (Å²) in [5.74, 6) is -2.25. The van der Waals surface area contributed by atoms with E-state index in [1.165, 1.54) is 12.3 Å². The number of aromatic hydroxyl groups is 1. The first-order chi connectivity index (χ1) is 9.99. The lowest BCUT2D eigenvalue weighted by Gasteiger charge is -2.07. The van der Waals surface area contributed by atoms with E-state index in [4.69, 9.17) is 5.11 Å². The fourth-order valence-corrected chi connectivity index (χ4v) is 1.58. The largest absolute Gasteiger partial charge is 0.505 e. The number of rotatable bonds is 6. The van der Waals surface area contributed by atoms with E-state index in [9.17, 15) is 14.7 Å². The number of allylic oxidation sites excluding steroid dienone is 5. The van der Waals surface area contributed by atoms with E-state index in [-0.39, 0.29) is 11.4 Å². The quantitative estimate of drug-likeness (QED) is 0.692. The third kappa shape index (κ3) is 4.61. The van der Waals surface area contributed by atoms with Crippen molar-refractivity contribution in [1.82, 2.24) is 10.3 Å². The van der Waals surface area contributed by atoms with Crippen molar-refractivity contribution in [1.29, 1.82) is 0 Å². The Morgan fingerprint density at radius 1 is 1.48 bits per heavy atom. The maximum atomic E-state index is 11.7. The normalized spacial score (nSPS) is 11.4. The summed E-state index contributed by atoms with van der Waals surface area (Å²) >= 11 is 0. The summed E-state index contributed by atoms with van der Waals surface area (Å²) in [5.41, 5.74) is 1.16. The highest BCUT2D eigenvalue weighted by molar-refractivity contribution is 5.96. The second kappa shape index (κ2) is 7.64. The van der Waals surface area contributed by atoms with Crippen LogP contribution in [0.25, 0.3) is 5.57 Å². The number of carboxylic acids is 1. The fourth-order valence-electron chi connectivity index (χ4n) is 1.58. The zero-order chi connectivity index (χ0) is 15.8. The average Bonchev–Trinajstić information content (AvgIpc) is 2.44. The third-order valence-electron chi connectivity index (χ3n) is 2.46. The van der Waals surface area contributed by atoms with E-state index >= 15 is 0 Å². The summed E-state index contributed by atoms with van der Waals surface area (Å²) in [6.45, 7) is 4.91. The maximum Gasteiger partial charge on any atom is 0.322 e. The number of hydrogen-bond acceptors (Lipinski definition) is 4. The number of pyridine rings is 1. The van der Waals surface area contributed by atoms with Gasteiger partial charge in [0.1, 0.15) is 12.3 Å². The summed E-state index contributed by atoms with van der Waals surface area (Å²) in [7, 11) is 0. The molecule has 0 spiro atoms. The van der Waals surface area contributed by atoms with Crippen LogP contribution in [0.15, 0.2) is 43.1 Å². The average molecular weight is 288 g/mol. The number of aliphatic carboxylic acids is 1. The molecule has 1 amide bonds. The first-order valence-corrected chi connectivity index (χ1v) is 6.14.